The van der Waals surface area contributed by atoms with Gasteiger partial charge in [-0.3, -0.25) is 4.79 Å². The molecular weight excluding hydrogens is 400 g/mol. The highest BCUT2D eigenvalue weighted by atomic mass is 16.1. The maximum absolute atomic E-state index is 12.2. The van der Waals surface area contributed by atoms with Crippen LogP contribution in [0.25, 0.3) is 33.3 Å². The number of aryl methyl sites for hydroxylation is 1. The second kappa shape index (κ2) is 8.09. The van der Waals surface area contributed by atoms with Gasteiger partial charge in [0.15, 0.2) is 0 Å². The summed E-state index contributed by atoms with van der Waals surface area (Å²) in [7, 11) is 2.16. The minimum atomic E-state index is -0.0974. The van der Waals surface area contributed by atoms with Crippen molar-refractivity contribution in [2.24, 2.45) is 0 Å². The molecule has 1 fully saturated rings. The van der Waals surface area contributed by atoms with Crippen LogP contribution in [0.1, 0.15) is 5.69 Å². The largest absolute Gasteiger partial charge is 0.382 e. The van der Waals surface area contributed by atoms with Gasteiger partial charge in [0.05, 0.1) is 11.9 Å². The summed E-state index contributed by atoms with van der Waals surface area (Å²) in [6, 6.07) is 16.0. The summed E-state index contributed by atoms with van der Waals surface area (Å²) in [5.74, 6) is 0.365. The molecule has 0 radical (unpaired) electrons. The fraction of sp³-hybridized carbons (Fsp3) is 0.240. The van der Waals surface area contributed by atoms with Crippen LogP contribution in [0.4, 0.5) is 11.5 Å². The normalized spacial score (nSPS) is 14.8. The first-order chi connectivity index (χ1) is 15.5. The van der Waals surface area contributed by atoms with Gasteiger partial charge < -0.3 is 20.5 Å². The Bertz CT molecular complexity index is 1340. The average Bonchev–Trinajstić information content (AvgIpc) is 2.79. The maximum atomic E-state index is 12.2. The van der Waals surface area contributed by atoms with Gasteiger partial charge in [-0.2, -0.15) is 0 Å². The number of benzene rings is 2. The van der Waals surface area contributed by atoms with Crippen LogP contribution < -0.4 is 16.2 Å². The van der Waals surface area contributed by atoms with Crippen LogP contribution in [0, 0.1) is 6.92 Å². The molecule has 2 aromatic heterocycles. The molecule has 1 aliphatic heterocycles. The van der Waals surface area contributed by atoms with Crippen molar-refractivity contribution in [3.05, 3.63) is 70.8 Å². The number of nitrogens with two attached hydrogens (primary N) is 1. The predicted molar refractivity (Wildman–Crippen MR) is 130 cm³/mol. The van der Waals surface area contributed by atoms with E-state index in [1.165, 1.54) is 5.69 Å². The standard InChI is InChI=1S/C25H26N6O/c1-16-13-19-14-18(5-8-21(19)25(32)28-16)23-24(26)27-15-22(29-23)17-3-6-20(7-4-17)31-11-9-30(2)10-12-31/h3-8,13-15H,9-12H2,1-2H3,(H2,26,27)(H,28,32). The van der Waals surface area contributed by atoms with Crippen LogP contribution in [-0.2, 0) is 0 Å². The Kier molecular flexibility index (Phi) is 5.11. The van der Waals surface area contributed by atoms with Crippen LogP contribution >= 0.6 is 0 Å². The Hall–Kier alpha value is -3.71. The van der Waals surface area contributed by atoms with E-state index in [1.54, 1.807) is 6.20 Å². The molecular formula is C25H26N6O. The third-order valence-electron chi connectivity index (χ3n) is 6.08. The predicted octanol–water partition coefficient (Wildman–Crippen LogP) is 3.29. The van der Waals surface area contributed by atoms with Crippen LogP contribution in [0.2, 0.25) is 0 Å². The molecule has 3 heterocycles. The van der Waals surface area contributed by atoms with E-state index < -0.39 is 0 Å². The average molecular weight is 427 g/mol. The van der Waals surface area contributed by atoms with Crippen molar-refractivity contribution >= 4 is 22.3 Å². The van der Waals surface area contributed by atoms with E-state index in [-0.39, 0.29) is 5.56 Å². The van der Waals surface area contributed by atoms with E-state index in [2.05, 4.69) is 51.1 Å². The monoisotopic (exact) mass is 426 g/mol. The Morgan fingerprint density at radius 2 is 1.69 bits per heavy atom. The lowest BCUT2D eigenvalue weighted by molar-refractivity contribution is 0.313. The number of nitrogen functional groups attached to an aromatic ring is 1. The van der Waals surface area contributed by atoms with Crippen LogP contribution in [-0.4, -0.2) is 53.1 Å². The van der Waals surface area contributed by atoms with E-state index in [1.807, 2.05) is 31.2 Å². The smallest absolute Gasteiger partial charge is 0.256 e. The van der Waals surface area contributed by atoms with Crippen molar-refractivity contribution < 1.29 is 0 Å². The molecule has 1 saturated heterocycles. The summed E-state index contributed by atoms with van der Waals surface area (Å²) in [5, 5.41) is 1.49. The Balaban J connectivity index is 1.48. The molecule has 2 aromatic carbocycles. The summed E-state index contributed by atoms with van der Waals surface area (Å²) < 4.78 is 0. The number of nitrogens with zero attached hydrogens (tertiary/aromatic N) is 4. The fourth-order valence-electron chi connectivity index (χ4n) is 4.21. The number of aromatic amines is 1. The molecule has 0 saturated carbocycles. The number of aromatic nitrogens is 3. The van der Waals surface area contributed by atoms with Crippen LogP contribution in [0.15, 0.2) is 59.5 Å². The number of nitrogens with one attached hydrogen (secondary N) is 1. The lowest BCUT2D eigenvalue weighted by atomic mass is 10.0. The molecule has 5 rings (SSSR count). The first-order valence-corrected chi connectivity index (χ1v) is 10.8. The van der Waals surface area contributed by atoms with E-state index in [0.717, 1.165) is 54.1 Å². The second-order valence-electron chi connectivity index (χ2n) is 8.41. The topological polar surface area (TPSA) is 91.1 Å². The maximum Gasteiger partial charge on any atom is 0.256 e. The molecule has 162 valence electrons. The molecule has 0 amide bonds. The first-order valence-electron chi connectivity index (χ1n) is 10.8. The lowest BCUT2D eigenvalue weighted by Gasteiger charge is -2.34. The van der Waals surface area contributed by atoms with Crippen LogP contribution in [0.3, 0.4) is 0 Å². The highest BCUT2D eigenvalue weighted by molar-refractivity contribution is 5.88. The number of rotatable bonds is 3. The number of anilines is 2. The molecule has 32 heavy (non-hydrogen) atoms. The number of pyridine rings is 1. The van der Waals surface area contributed by atoms with Gasteiger partial charge in [0, 0.05) is 54.1 Å². The SMILES string of the molecule is Cc1cc2cc(-c3nc(-c4ccc(N5CCN(C)CC5)cc4)cnc3N)ccc2c(=O)[nH]1. The first kappa shape index (κ1) is 20.2. The molecule has 7 nitrogen and oxygen atoms in total. The number of fused-ring (bicyclic) bond motifs is 1. The molecule has 3 N–H and O–H groups in total. The van der Waals surface area contributed by atoms with Crippen molar-refractivity contribution in [2.45, 2.75) is 6.92 Å². The summed E-state index contributed by atoms with van der Waals surface area (Å²) in [6.45, 7) is 6.09. The van der Waals surface area contributed by atoms with E-state index >= 15 is 0 Å². The van der Waals surface area contributed by atoms with E-state index in [4.69, 9.17) is 10.7 Å². The summed E-state index contributed by atoms with van der Waals surface area (Å²) in [5.41, 5.74) is 11.3. The number of hydrogen-bond acceptors (Lipinski definition) is 6. The van der Waals surface area contributed by atoms with Gasteiger partial charge in [0.25, 0.3) is 5.56 Å². The Morgan fingerprint density at radius 1 is 0.969 bits per heavy atom. The number of likely N-dealkylation sites (N-methyl/N-ethyl adjacent to an activating group) is 1. The Morgan fingerprint density at radius 3 is 2.44 bits per heavy atom. The third kappa shape index (κ3) is 3.83. The zero-order chi connectivity index (χ0) is 22.2. The Labute approximate surface area is 186 Å². The van der Waals surface area contributed by atoms with Gasteiger partial charge in [0.1, 0.15) is 11.5 Å². The number of hydrogen-bond donors (Lipinski definition) is 2. The number of H-pyrrole nitrogens is 1. The van der Waals surface area contributed by atoms with Crippen molar-refractivity contribution in [2.75, 3.05) is 43.9 Å². The summed E-state index contributed by atoms with van der Waals surface area (Å²) in [6.07, 6.45) is 1.71. The molecule has 1 aliphatic rings. The highest BCUT2D eigenvalue weighted by Gasteiger charge is 2.15. The molecule has 0 atom stereocenters. The van der Waals surface area contributed by atoms with Crippen molar-refractivity contribution in [1.82, 2.24) is 19.9 Å². The third-order valence-corrected chi connectivity index (χ3v) is 6.08. The number of piperazine rings is 1. The second-order valence-corrected chi connectivity index (χ2v) is 8.41. The fourth-order valence-corrected chi connectivity index (χ4v) is 4.21. The van der Waals surface area contributed by atoms with Crippen LogP contribution in [0.5, 0.6) is 0 Å². The zero-order valence-electron chi connectivity index (χ0n) is 18.3. The summed E-state index contributed by atoms with van der Waals surface area (Å²) >= 11 is 0. The quantitative estimate of drug-likeness (QED) is 0.522. The van der Waals surface area contributed by atoms with Gasteiger partial charge in [-0.05, 0) is 49.7 Å². The summed E-state index contributed by atoms with van der Waals surface area (Å²) in [4.78, 5) is 29.0. The van der Waals surface area contributed by atoms with Gasteiger partial charge >= 0.3 is 0 Å². The van der Waals surface area contributed by atoms with Gasteiger partial charge in [-0.15, -0.1) is 0 Å². The molecule has 4 aromatic rings. The van der Waals surface area contributed by atoms with Crippen molar-refractivity contribution in [3.63, 3.8) is 0 Å². The zero-order valence-corrected chi connectivity index (χ0v) is 18.3. The minimum Gasteiger partial charge on any atom is -0.382 e. The molecule has 0 bridgehead atoms. The highest BCUT2D eigenvalue weighted by Crippen LogP contribution is 2.29. The molecule has 7 heteroatoms. The molecule has 0 unspecified atom stereocenters. The van der Waals surface area contributed by atoms with Gasteiger partial charge in [0.2, 0.25) is 0 Å². The minimum absolute atomic E-state index is 0.0974. The van der Waals surface area contributed by atoms with Crippen molar-refractivity contribution in [3.8, 4) is 22.5 Å². The molecule has 0 aliphatic carbocycles. The van der Waals surface area contributed by atoms with E-state index in [0.29, 0.717) is 16.9 Å². The molecule has 0 spiro atoms. The van der Waals surface area contributed by atoms with E-state index in [9.17, 15) is 4.79 Å². The van der Waals surface area contributed by atoms with Gasteiger partial charge in [-0.25, -0.2) is 9.97 Å². The van der Waals surface area contributed by atoms with Gasteiger partial charge in [-0.1, -0.05) is 18.2 Å². The van der Waals surface area contributed by atoms with Crippen molar-refractivity contribution in [1.29, 1.82) is 0 Å². The lowest BCUT2D eigenvalue weighted by Crippen LogP contribution is -2.44.